The van der Waals surface area contributed by atoms with Gasteiger partial charge in [-0.1, -0.05) is 0 Å². The molecule has 0 saturated carbocycles. The van der Waals surface area contributed by atoms with Gasteiger partial charge in [0.05, 0.1) is 14.2 Å². The second kappa shape index (κ2) is 9.15. The van der Waals surface area contributed by atoms with Crippen LogP contribution in [-0.2, 0) is 19.9 Å². The zero-order valence-electron chi connectivity index (χ0n) is 17.4. The lowest BCUT2D eigenvalue weighted by atomic mass is 9.97. The predicted molar refractivity (Wildman–Crippen MR) is 110 cm³/mol. The molecule has 28 heavy (non-hydrogen) atoms. The number of benzene rings is 1. The summed E-state index contributed by atoms with van der Waals surface area (Å²) >= 11 is 0. The Bertz CT molecular complexity index is 815. The minimum Gasteiger partial charge on any atom is -0.493 e. The van der Waals surface area contributed by atoms with Crippen molar-refractivity contribution in [2.45, 2.75) is 19.3 Å². The highest BCUT2D eigenvalue weighted by Crippen LogP contribution is 2.36. The number of methoxy groups -OCH3 is 2. The third-order valence-electron chi connectivity index (χ3n) is 5.57. The number of aromatic nitrogens is 1. The highest BCUT2D eigenvalue weighted by atomic mass is 16.5. The summed E-state index contributed by atoms with van der Waals surface area (Å²) in [5.74, 6) is 1.46. The average molecular weight is 386 g/mol. The fourth-order valence-corrected chi connectivity index (χ4v) is 3.88. The summed E-state index contributed by atoms with van der Waals surface area (Å²) in [4.78, 5) is 17.2. The molecule has 1 amide bonds. The van der Waals surface area contributed by atoms with Crippen molar-refractivity contribution < 1.29 is 14.3 Å². The second-order valence-corrected chi connectivity index (χ2v) is 7.39. The molecular weight excluding hydrogens is 354 g/mol. The minimum atomic E-state index is 0.0914. The quantitative estimate of drug-likeness (QED) is 0.666. The summed E-state index contributed by atoms with van der Waals surface area (Å²) in [6.45, 7) is 3.50. The molecule has 6 nitrogen and oxygen atoms in total. The highest BCUT2D eigenvalue weighted by Gasteiger charge is 2.28. The Labute approximate surface area is 167 Å². The Morgan fingerprint density at radius 1 is 1.14 bits per heavy atom. The van der Waals surface area contributed by atoms with Crippen molar-refractivity contribution in [1.29, 1.82) is 0 Å². The van der Waals surface area contributed by atoms with E-state index in [0.29, 0.717) is 11.5 Å². The molecule has 0 bridgehead atoms. The lowest BCUT2D eigenvalue weighted by Crippen LogP contribution is -2.39. The number of likely N-dealkylation sites (N-methyl/N-ethyl adjacent to an activating group) is 1. The SMILES string of the molecule is COc1ccc2c(c1OC)CCN(CCCN(C)CCc1cccn1C)C2=O. The van der Waals surface area contributed by atoms with Gasteiger partial charge in [-0.3, -0.25) is 4.79 Å². The zero-order valence-corrected chi connectivity index (χ0v) is 17.4. The monoisotopic (exact) mass is 385 g/mol. The number of hydrogen-bond donors (Lipinski definition) is 0. The van der Waals surface area contributed by atoms with Crippen LogP contribution in [0.2, 0.25) is 0 Å². The van der Waals surface area contributed by atoms with Gasteiger partial charge in [-0.05, 0) is 50.7 Å². The largest absolute Gasteiger partial charge is 0.493 e. The predicted octanol–water partition coefficient (Wildman–Crippen LogP) is 2.61. The maximum absolute atomic E-state index is 12.9. The molecule has 152 valence electrons. The number of amides is 1. The summed E-state index contributed by atoms with van der Waals surface area (Å²) < 4.78 is 13.0. The van der Waals surface area contributed by atoms with Gasteiger partial charge in [0, 0.05) is 56.1 Å². The molecule has 2 heterocycles. The molecule has 0 spiro atoms. The lowest BCUT2D eigenvalue weighted by molar-refractivity contribution is 0.0731. The van der Waals surface area contributed by atoms with E-state index in [1.165, 1.54) is 5.69 Å². The number of carbonyl (C=O) groups excluding carboxylic acids is 1. The number of rotatable bonds is 9. The highest BCUT2D eigenvalue weighted by molar-refractivity contribution is 5.97. The molecule has 0 fully saturated rings. The Morgan fingerprint density at radius 3 is 2.64 bits per heavy atom. The number of hydrogen-bond acceptors (Lipinski definition) is 4. The van der Waals surface area contributed by atoms with Crippen LogP contribution in [0.15, 0.2) is 30.5 Å². The van der Waals surface area contributed by atoms with Gasteiger partial charge in [0.2, 0.25) is 0 Å². The van der Waals surface area contributed by atoms with E-state index in [-0.39, 0.29) is 5.91 Å². The summed E-state index contributed by atoms with van der Waals surface area (Å²) in [6, 6.07) is 7.92. The zero-order chi connectivity index (χ0) is 20.1. The van der Waals surface area contributed by atoms with Gasteiger partial charge in [-0.2, -0.15) is 0 Å². The van der Waals surface area contributed by atoms with Gasteiger partial charge in [0.25, 0.3) is 5.91 Å². The normalized spacial score (nSPS) is 13.8. The first-order chi connectivity index (χ1) is 13.5. The van der Waals surface area contributed by atoms with Crippen molar-refractivity contribution in [3.05, 3.63) is 47.3 Å². The van der Waals surface area contributed by atoms with E-state index in [1.807, 2.05) is 17.0 Å². The average Bonchev–Trinajstić information content (AvgIpc) is 3.12. The van der Waals surface area contributed by atoms with E-state index < -0.39 is 0 Å². The molecule has 0 N–H and O–H groups in total. The molecule has 1 aliphatic heterocycles. The van der Waals surface area contributed by atoms with Gasteiger partial charge in [-0.15, -0.1) is 0 Å². The van der Waals surface area contributed by atoms with Crippen LogP contribution in [0.1, 0.15) is 28.0 Å². The van der Waals surface area contributed by atoms with E-state index in [9.17, 15) is 4.79 Å². The fraction of sp³-hybridized carbons (Fsp3) is 0.500. The van der Waals surface area contributed by atoms with Crippen LogP contribution < -0.4 is 9.47 Å². The van der Waals surface area contributed by atoms with Crippen molar-refractivity contribution >= 4 is 5.91 Å². The summed E-state index contributed by atoms with van der Waals surface area (Å²) in [5, 5.41) is 0. The van der Waals surface area contributed by atoms with E-state index >= 15 is 0 Å². The minimum absolute atomic E-state index is 0.0914. The first-order valence-corrected chi connectivity index (χ1v) is 9.87. The Morgan fingerprint density at radius 2 is 1.96 bits per heavy atom. The maximum atomic E-state index is 12.9. The van der Waals surface area contributed by atoms with Crippen LogP contribution in [0.25, 0.3) is 0 Å². The van der Waals surface area contributed by atoms with Crippen molar-refractivity contribution in [2.75, 3.05) is 47.4 Å². The third kappa shape index (κ3) is 4.33. The van der Waals surface area contributed by atoms with Crippen molar-refractivity contribution in [3.63, 3.8) is 0 Å². The molecule has 0 atom stereocenters. The molecule has 1 aromatic carbocycles. The number of carbonyl (C=O) groups is 1. The van der Waals surface area contributed by atoms with Gasteiger partial charge in [0.1, 0.15) is 0 Å². The summed E-state index contributed by atoms with van der Waals surface area (Å²) in [6.07, 6.45) is 4.89. The number of fused-ring (bicyclic) bond motifs is 1. The summed E-state index contributed by atoms with van der Waals surface area (Å²) in [5.41, 5.74) is 3.04. The topological polar surface area (TPSA) is 46.9 Å². The van der Waals surface area contributed by atoms with Crippen LogP contribution in [0.4, 0.5) is 0 Å². The van der Waals surface area contributed by atoms with Crippen molar-refractivity contribution in [1.82, 2.24) is 14.4 Å². The fourth-order valence-electron chi connectivity index (χ4n) is 3.88. The first-order valence-electron chi connectivity index (χ1n) is 9.87. The molecule has 2 aromatic rings. The van der Waals surface area contributed by atoms with Crippen LogP contribution in [0.3, 0.4) is 0 Å². The van der Waals surface area contributed by atoms with Crippen molar-refractivity contribution in [3.8, 4) is 11.5 Å². The molecule has 1 aromatic heterocycles. The van der Waals surface area contributed by atoms with Crippen LogP contribution in [0, 0.1) is 0 Å². The Hall–Kier alpha value is -2.47. The van der Waals surface area contributed by atoms with Gasteiger partial charge >= 0.3 is 0 Å². The van der Waals surface area contributed by atoms with Crippen LogP contribution in [-0.4, -0.2) is 67.7 Å². The molecule has 0 aliphatic carbocycles. The van der Waals surface area contributed by atoms with Gasteiger partial charge in [0.15, 0.2) is 11.5 Å². The number of nitrogens with zero attached hydrogens (tertiary/aromatic N) is 3. The third-order valence-corrected chi connectivity index (χ3v) is 5.57. The van der Waals surface area contributed by atoms with Crippen LogP contribution in [0.5, 0.6) is 11.5 Å². The van der Waals surface area contributed by atoms with E-state index in [4.69, 9.17) is 9.47 Å². The molecule has 0 radical (unpaired) electrons. The molecule has 1 aliphatic rings. The molecule has 0 saturated heterocycles. The standard InChI is InChI=1S/C22H31N3O3/c1-23(15-10-17-7-5-13-24(17)2)12-6-14-25-16-11-18-19(22(25)26)8-9-20(27-3)21(18)28-4/h5,7-9,13H,6,10-12,14-16H2,1-4H3. The number of aryl methyl sites for hydroxylation is 1. The number of ether oxygens (including phenoxy) is 2. The van der Waals surface area contributed by atoms with Crippen LogP contribution >= 0.6 is 0 Å². The van der Waals surface area contributed by atoms with Gasteiger partial charge < -0.3 is 23.8 Å². The van der Waals surface area contributed by atoms with Crippen molar-refractivity contribution in [2.24, 2.45) is 7.05 Å². The molecule has 0 unspecified atom stereocenters. The Kier molecular flexibility index (Phi) is 6.62. The molecule has 3 rings (SSSR count). The Balaban J connectivity index is 1.51. The molecule has 6 heteroatoms. The van der Waals surface area contributed by atoms with E-state index in [2.05, 4.69) is 41.9 Å². The van der Waals surface area contributed by atoms with Gasteiger partial charge in [-0.25, -0.2) is 0 Å². The second-order valence-electron chi connectivity index (χ2n) is 7.39. The van der Waals surface area contributed by atoms with E-state index in [0.717, 1.165) is 56.6 Å². The smallest absolute Gasteiger partial charge is 0.254 e. The maximum Gasteiger partial charge on any atom is 0.254 e. The molecular formula is C22H31N3O3. The lowest BCUT2D eigenvalue weighted by Gasteiger charge is -2.30. The van der Waals surface area contributed by atoms with E-state index in [1.54, 1.807) is 14.2 Å². The first kappa shape index (κ1) is 20.3. The summed E-state index contributed by atoms with van der Waals surface area (Å²) in [7, 11) is 7.48.